The van der Waals surface area contributed by atoms with Crippen LogP contribution >= 0.6 is 0 Å². The second kappa shape index (κ2) is 9.04. The SMILES string of the molecule is CCS(=O)(=O)N(C)c1ccc(C(=O)N[C@@H](CC(C)C)c2ccccc2)cc1. The van der Waals surface area contributed by atoms with Crippen molar-refractivity contribution in [3.8, 4) is 0 Å². The maximum Gasteiger partial charge on any atom is 0.251 e. The van der Waals surface area contributed by atoms with Crippen molar-refractivity contribution in [2.45, 2.75) is 33.2 Å². The lowest BCUT2D eigenvalue weighted by molar-refractivity contribution is 0.0932. The Labute approximate surface area is 162 Å². The molecule has 1 N–H and O–H groups in total. The van der Waals surface area contributed by atoms with Crippen LogP contribution in [0.3, 0.4) is 0 Å². The Bertz CT molecular complexity index is 847. The van der Waals surface area contributed by atoms with Gasteiger partial charge in [0, 0.05) is 12.6 Å². The molecule has 27 heavy (non-hydrogen) atoms. The number of sulfonamides is 1. The molecular weight excluding hydrogens is 360 g/mol. The largest absolute Gasteiger partial charge is 0.345 e. The number of benzene rings is 2. The molecular formula is C21H28N2O3S. The molecule has 0 aromatic heterocycles. The lowest BCUT2D eigenvalue weighted by Crippen LogP contribution is -2.30. The van der Waals surface area contributed by atoms with E-state index in [4.69, 9.17) is 0 Å². The van der Waals surface area contributed by atoms with E-state index in [0.717, 1.165) is 12.0 Å². The van der Waals surface area contributed by atoms with Crippen LogP contribution in [0, 0.1) is 5.92 Å². The Morgan fingerprint density at radius 2 is 1.63 bits per heavy atom. The van der Waals surface area contributed by atoms with Crippen molar-refractivity contribution in [3.05, 3.63) is 65.7 Å². The first kappa shape index (κ1) is 21.0. The van der Waals surface area contributed by atoms with Gasteiger partial charge in [-0.05, 0) is 49.1 Å². The molecule has 1 atom stereocenters. The molecule has 0 radical (unpaired) electrons. The highest BCUT2D eigenvalue weighted by molar-refractivity contribution is 7.92. The number of nitrogens with one attached hydrogen (secondary N) is 1. The third-order valence-electron chi connectivity index (χ3n) is 4.49. The zero-order valence-corrected chi connectivity index (χ0v) is 17.2. The smallest absolute Gasteiger partial charge is 0.251 e. The zero-order chi connectivity index (χ0) is 20.0. The van der Waals surface area contributed by atoms with Crippen LogP contribution in [0.15, 0.2) is 54.6 Å². The van der Waals surface area contributed by atoms with Crippen LogP contribution in [0.2, 0.25) is 0 Å². The van der Waals surface area contributed by atoms with Crippen molar-refractivity contribution in [3.63, 3.8) is 0 Å². The van der Waals surface area contributed by atoms with E-state index in [9.17, 15) is 13.2 Å². The third kappa shape index (κ3) is 5.57. The Balaban J connectivity index is 2.16. The van der Waals surface area contributed by atoms with Crippen LogP contribution in [0.5, 0.6) is 0 Å². The van der Waals surface area contributed by atoms with Crippen LogP contribution in [0.1, 0.15) is 49.2 Å². The summed E-state index contributed by atoms with van der Waals surface area (Å²) in [7, 11) is -1.80. The van der Waals surface area contributed by atoms with Gasteiger partial charge in [-0.15, -0.1) is 0 Å². The normalized spacial score (nSPS) is 12.6. The second-order valence-electron chi connectivity index (χ2n) is 6.98. The molecule has 0 spiro atoms. The number of carbonyl (C=O) groups is 1. The molecule has 0 saturated heterocycles. The molecule has 5 nitrogen and oxygen atoms in total. The van der Waals surface area contributed by atoms with E-state index in [1.807, 2.05) is 30.3 Å². The number of anilines is 1. The first-order valence-electron chi connectivity index (χ1n) is 9.17. The topological polar surface area (TPSA) is 66.5 Å². The molecule has 2 aromatic carbocycles. The van der Waals surface area contributed by atoms with Crippen molar-refractivity contribution >= 4 is 21.6 Å². The maximum atomic E-state index is 12.7. The van der Waals surface area contributed by atoms with Gasteiger partial charge in [0.2, 0.25) is 10.0 Å². The van der Waals surface area contributed by atoms with Crippen LogP contribution in [0.25, 0.3) is 0 Å². The van der Waals surface area contributed by atoms with Gasteiger partial charge >= 0.3 is 0 Å². The van der Waals surface area contributed by atoms with Gasteiger partial charge in [-0.1, -0.05) is 44.2 Å². The van der Waals surface area contributed by atoms with Crippen LogP contribution in [0.4, 0.5) is 5.69 Å². The molecule has 146 valence electrons. The predicted molar refractivity (Wildman–Crippen MR) is 110 cm³/mol. The standard InChI is InChI=1S/C21H28N2O3S/c1-5-27(25,26)23(4)19-13-11-18(12-14-19)21(24)22-20(15-16(2)3)17-9-7-6-8-10-17/h6-14,16,20H,5,15H2,1-4H3,(H,22,24)/t20-/m0/s1. The van der Waals surface area contributed by atoms with Gasteiger partial charge in [0.25, 0.3) is 5.91 Å². The summed E-state index contributed by atoms with van der Waals surface area (Å²) in [6.45, 7) is 5.86. The highest BCUT2D eigenvalue weighted by Gasteiger charge is 2.19. The van der Waals surface area contributed by atoms with Crippen LogP contribution in [-0.2, 0) is 10.0 Å². The summed E-state index contributed by atoms with van der Waals surface area (Å²) in [5.74, 6) is 0.294. The Morgan fingerprint density at radius 1 is 1.04 bits per heavy atom. The lowest BCUT2D eigenvalue weighted by atomic mass is 9.96. The fourth-order valence-electron chi connectivity index (χ4n) is 2.85. The number of hydrogen-bond donors (Lipinski definition) is 1. The van der Waals surface area contributed by atoms with E-state index in [1.165, 1.54) is 11.4 Å². The number of hydrogen-bond acceptors (Lipinski definition) is 3. The highest BCUT2D eigenvalue weighted by Crippen LogP contribution is 2.22. The van der Waals surface area contributed by atoms with E-state index in [0.29, 0.717) is 17.2 Å². The Hall–Kier alpha value is -2.34. The molecule has 0 unspecified atom stereocenters. The molecule has 0 heterocycles. The lowest BCUT2D eigenvalue weighted by Gasteiger charge is -2.22. The molecule has 2 rings (SSSR count). The molecule has 0 saturated carbocycles. The summed E-state index contributed by atoms with van der Waals surface area (Å²) < 4.78 is 25.2. The monoisotopic (exact) mass is 388 g/mol. The minimum absolute atomic E-state index is 0.0275. The molecule has 0 aliphatic rings. The number of nitrogens with zero attached hydrogens (tertiary/aromatic N) is 1. The molecule has 2 aromatic rings. The Morgan fingerprint density at radius 3 is 2.15 bits per heavy atom. The fraction of sp³-hybridized carbons (Fsp3) is 0.381. The summed E-state index contributed by atoms with van der Waals surface area (Å²) in [6.07, 6.45) is 0.839. The minimum atomic E-state index is -3.32. The highest BCUT2D eigenvalue weighted by atomic mass is 32.2. The van der Waals surface area contributed by atoms with E-state index < -0.39 is 10.0 Å². The number of amides is 1. The molecule has 0 bridgehead atoms. The van der Waals surface area contributed by atoms with Crippen molar-refractivity contribution in [2.24, 2.45) is 5.92 Å². The molecule has 0 aliphatic heterocycles. The second-order valence-corrected chi connectivity index (χ2v) is 9.27. The summed E-state index contributed by atoms with van der Waals surface area (Å²) >= 11 is 0. The Kier molecular flexibility index (Phi) is 7.02. The average Bonchev–Trinajstić information content (AvgIpc) is 2.67. The fourth-order valence-corrected chi connectivity index (χ4v) is 3.68. The third-order valence-corrected chi connectivity index (χ3v) is 6.26. The van der Waals surface area contributed by atoms with E-state index in [1.54, 1.807) is 31.2 Å². The minimum Gasteiger partial charge on any atom is -0.345 e. The van der Waals surface area contributed by atoms with E-state index in [2.05, 4.69) is 19.2 Å². The van der Waals surface area contributed by atoms with Gasteiger partial charge in [-0.2, -0.15) is 0 Å². The van der Waals surface area contributed by atoms with Crippen LogP contribution < -0.4 is 9.62 Å². The van der Waals surface area contributed by atoms with Crippen molar-refractivity contribution in [1.29, 1.82) is 0 Å². The first-order chi connectivity index (χ1) is 12.7. The predicted octanol–water partition coefficient (Wildman–Crippen LogP) is 3.99. The molecule has 6 heteroatoms. The van der Waals surface area contributed by atoms with Gasteiger partial charge < -0.3 is 5.32 Å². The van der Waals surface area contributed by atoms with Crippen molar-refractivity contribution in [2.75, 3.05) is 17.1 Å². The van der Waals surface area contributed by atoms with Crippen molar-refractivity contribution in [1.82, 2.24) is 5.32 Å². The molecule has 1 amide bonds. The van der Waals surface area contributed by atoms with E-state index >= 15 is 0 Å². The average molecular weight is 389 g/mol. The molecule has 0 fully saturated rings. The van der Waals surface area contributed by atoms with Gasteiger partial charge in [-0.3, -0.25) is 9.10 Å². The summed E-state index contributed by atoms with van der Waals surface area (Å²) in [6, 6.07) is 16.5. The number of rotatable bonds is 8. The van der Waals surface area contributed by atoms with Gasteiger partial charge in [0.1, 0.15) is 0 Å². The summed E-state index contributed by atoms with van der Waals surface area (Å²) in [5, 5.41) is 3.10. The summed E-state index contributed by atoms with van der Waals surface area (Å²) in [4.78, 5) is 12.7. The van der Waals surface area contributed by atoms with Gasteiger partial charge in [0.05, 0.1) is 17.5 Å². The maximum absolute atomic E-state index is 12.7. The van der Waals surface area contributed by atoms with Crippen LogP contribution in [-0.4, -0.2) is 27.1 Å². The van der Waals surface area contributed by atoms with Crippen molar-refractivity contribution < 1.29 is 13.2 Å². The van der Waals surface area contributed by atoms with Gasteiger partial charge in [0.15, 0.2) is 0 Å². The first-order valence-corrected chi connectivity index (χ1v) is 10.8. The van der Waals surface area contributed by atoms with E-state index in [-0.39, 0.29) is 17.7 Å². The zero-order valence-electron chi connectivity index (χ0n) is 16.3. The molecule has 0 aliphatic carbocycles. The summed E-state index contributed by atoms with van der Waals surface area (Å²) in [5.41, 5.74) is 2.12. The van der Waals surface area contributed by atoms with Gasteiger partial charge in [-0.25, -0.2) is 8.42 Å². The quantitative estimate of drug-likeness (QED) is 0.743. The number of carbonyl (C=O) groups excluding carboxylic acids is 1.